The third kappa shape index (κ3) is 5.44. The van der Waals surface area contributed by atoms with Gasteiger partial charge >= 0.3 is 0 Å². The van der Waals surface area contributed by atoms with Crippen LogP contribution in [0.1, 0.15) is 24.5 Å². The lowest BCUT2D eigenvalue weighted by molar-refractivity contribution is -0.317. The number of amides is 1. The zero-order valence-electron chi connectivity index (χ0n) is 17.9. The SMILES string of the molecule is CCON(O)C(=O)C1COCCC1S(=O)(=O)c1ccc(OCc2cc(F)ccc2C)cc1. The van der Waals surface area contributed by atoms with Gasteiger partial charge in [-0.05, 0) is 67.8 Å². The molecule has 2 atom stereocenters. The zero-order valence-corrected chi connectivity index (χ0v) is 18.7. The number of benzene rings is 2. The molecule has 174 valence electrons. The summed E-state index contributed by atoms with van der Waals surface area (Å²) in [5.74, 6) is -1.91. The summed E-state index contributed by atoms with van der Waals surface area (Å²) in [5, 5.41) is 8.73. The van der Waals surface area contributed by atoms with Crippen LogP contribution >= 0.6 is 0 Å². The molecule has 2 unspecified atom stereocenters. The molecule has 8 nitrogen and oxygen atoms in total. The van der Waals surface area contributed by atoms with Gasteiger partial charge in [-0.25, -0.2) is 17.6 Å². The molecule has 1 fully saturated rings. The van der Waals surface area contributed by atoms with E-state index in [1.807, 2.05) is 6.92 Å². The predicted octanol–water partition coefficient (Wildman–Crippen LogP) is 3.06. The molecule has 3 rings (SSSR count). The fourth-order valence-corrected chi connectivity index (χ4v) is 5.40. The molecule has 1 saturated heterocycles. The number of halogens is 1. The molecule has 10 heteroatoms. The Morgan fingerprint density at radius 2 is 1.97 bits per heavy atom. The van der Waals surface area contributed by atoms with Crippen molar-refractivity contribution in [3.63, 3.8) is 0 Å². The minimum absolute atomic E-state index is 0.0254. The van der Waals surface area contributed by atoms with Crippen molar-refractivity contribution in [1.82, 2.24) is 5.23 Å². The van der Waals surface area contributed by atoms with Crippen molar-refractivity contribution in [3.05, 3.63) is 59.4 Å². The maximum Gasteiger partial charge on any atom is 0.279 e. The van der Waals surface area contributed by atoms with E-state index in [0.717, 1.165) is 5.56 Å². The van der Waals surface area contributed by atoms with Gasteiger partial charge in [0.1, 0.15) is 18.2 Å². The largest absolute Gasteiger partial charge is 0.489 e. The van der Waals surface area contributed by atoms with Gasteiger partial charge in [0.25, 0.3) is 5.91 Å². The van der Waals surface area contributed by atoms with Crippen LogP contribution in [0, 0.1) is 18.7 Å². The standard InChI is InChI=1S/C22H26FNO7S/c1-3-31-24(26)22(25)20-14-29-11-10-21(20)32(27,28)19-8-6-18(7-9-19)30-13-16-12-17(23)5-4-15(16)2/h4-9,12,20-21,26H,3,10-11,13-14H2,1-2H3. The molecule has 1 heterocycles. The summed E-state index contributed by atoms with van der Waals surface area (Å²) in [7, 11) is -3.90. The summed E-state index contributed by atoms with van der Waals surface area (Å²) >= 11 is 0. The van der Waals surface area contributed by atoms with Crippen molar-refractivity contribution in [2.24, 2.45) is 5.92 Å². The van der Waals surface area contributed by atoms with Gasteiger partial charge < -0.3 is 9.47 Å². The van der Waals surface area contributed by atoms with Crippen molar-refractivity contribution < 1.29 is 37.1 Å². The molecule has 2 aromatic carbocycles. The highest BCUT2D eigenvalue weighted by molar-refractivity contribution is 7.92. The van der Waals surface area contributed by atoms with Crippen LogP contribution in [0.5, 0.6) is 5.75 Å². The average Bonchev–Trinajstić information content (AvgIpc) is 2.79. The molecule has 0 bridgehead atoms. The van der Waals surface area contributed by atoms with Crippen molar-refractivity contribution >= 4 is 15.7 Å². The number of rotatable bonds is 8. The molecule has 1 aliphatic rings. The number of sulfone groups is 1. The third-order valence-electron chi connectivity index (χ3n) is 5.31. The lowest BCUT2D eigenvalue weighted by atomic mass is 10.0. The van der Waals surface area contributed by atoms with E-state index in [4.69, 9.17) is 14.3 Å². The highest BCUT2D eigenvalue weighted by Gasteiger charge is 2.43. The Morgan fingerprint density at radius 1 is 1.25 bits per heavy atom. The quantitative estimate of drug-likeness (QED) is 0.470. The lowest BCUT2D eigenvalue weighted by Gasteiger charge is -2.31. The molecule has 1 N–H and O–H groups in total. The van der Waals surface area contributed by atoms with Crippen molar-refractivity contribution in [3.8, 4) is 5.75 Å². The molecule has 1 amide bonds. The first-order chi connectivity index (χ1) is 15.2. The number of hydroxylamine groups is 2. The van der Waals surface area contributed by atoms with Crippen LogP contribution in [0.15, 0.2) is 47.4 Å². The monoisotopic (exact) mass is 467 g/mol. The van der Waals surface area contributed by atoms with Crippen LogP contribution in [0.25, 0.3) is 0 Å². The second-order valence-corrected chi connectivity index (χ2v) is 9.58. The normalized spacial score (nSPS) is 18.9. The van der Waals surface area contributed by atoms with E-state index in [1.54, 1.807) is 13.0 Å². The first-order valence-electron chi connectivity index (χ1n) is 10.2. The Hall–Kier alpha value is -2.53. The van der Waals surface area contributed by atoms with Gasteiger partial charge in [-0.2, -0.15) is 0 Å². The maximum atomic E-state index is 13.4. The zero-order chi connectivity index (χ0) is 23.3. The van der Waals surface area contributed by atoms with E-state index in [-0.39, 0.29) is 48.8 Å². The van der Waals surface area contributed by atoms with E-state index < -0.39 is 26.9 Å². The van der Waals surface area contributed by atoms with E-state index in [2.05, 4.69) is 0 Å². The molecular weight excluding hydrogens is 441 g/mol. The number of ether oxygens (including phenoxy) is 2. The summed E-state index contributed by atoms with van der Waals surface area (Å²) in [6.07, 6.45) is 0.107. The highest BCUT2D eigenvalue weighted by Crippen LogP contribution is 2.30. The Labute approximate surface area is 186 Å². The molecule has 2 aromatic rings. The second kappa shape index (κ2) is 10.4. The number of hydrogen-bond donors (Lipinski definition) is 1. The van der Waals surface area contributed by atoms with Gasteiger partial charge in [0.2, 0.25) is 0 Å². The Bertz CT molecular complexity index is 1040. The number of nitrogens with zero attached hydrogens (tertiary/aromatic N) is 1. The minimum Gasteiger partial charge on any atom is -0.489 e. The summed E-state index contributed by atoms with van der Waals surface area (Å²) in [5.41, 5.74) is 1.57. The summed E-state index contributed by atoms with van der Waals surface area (Å²) in [4.78, 5) is 17.3. The first kappa shape index (κ1) is 24.1. The van der Waals surface area contributed by atoms with Crippen molar-refractivity contribution in [2.45, 2.75) is 37.0 Å². The van der Waals surface area contributed by atoms with E-state index in [0.29, 0.717) is 11.3 Å². The summed E-state index contributed by atoms with van der Waals surface area (Å²) in [6, 6.07) is 10.2. The van der Waals surface area contributed by atoms with E-state index in [1.165, 1.54) is 36.4 Å². The molecule has 0 radical (unpaired) electrons. The average molecular weight is 468 g/mol. The molecular formula is C22H26FNO7S. The van der Waals surface area contributed by atoms with Crippen LogP contribution in [-0.4, -0.2) is 49.8 Å². The van der Waals surface area contributed by atoms with Crippen molar-refractivity contribution in [2.75, 3.05) is 19.8 Å². The van der Waals surface area contributed by atoms with Crippen molar-refractivity contribution in [1.29, 1.82) is 0 Å². The van der Waals surface area contributed by atoms with Gasteiger partial charge in [0, 0.05) is 6.61 Å². The molecule has 1 aliphatic heterocycles. The van der Waals surface area contributed by atoms with Gasteiger partial charge in [-0.1, -0.05) is 11.3 Å². The number of carbonyl (C=O) groups excluding carboxylic acids is 1. The van der Waals surface area contributed by atoms with Gasteiger partial charge in [0.15, 0.2) is 9.84 Å². The Morgan fingerprint density at radius 3 is 2.66 bits per heavy atom. The second-order valence-electron chi connectivity index (χ2n) is 7.41. The van der Waals surface area contributed by atoms with Gasteiger partial charge in [0.05, 0.1) is 29.3 Å². The molecule has 0 saturated carbocycles. The van der Waals surface area contributed by atoms with Gasteiger partial charge in [-0.15, -0.1) is 0 Å². The minimum atomic E-state index is -3.90. The number of aryl methyl sites for hydroxylation is 1. The van der Waals surface area contributed by atoms with Crippen LogP contribution in [0.2, 0.25) is 0 Å². The number of carbonyl (C=O) groups is 1. The molecule has 0 aromatic heterocycles. The molecule has 0 aliphatic carbocycles. The smallest absolute Gasteiger partial charge is 0.279 e. The molecule has 32 heavy (non-hydrogen) atoms. The number of hydrogen-bond acceptors (Lipinski definition) is 7. The topological polar surface area (TPSA) is 102 Å². The molecule has 0 spiro atoms. The third-order valence-corrected chi connectivity index (χ3v) is 7.60. The van der Waals surface area contributed by atoms with E-state index >= 15 is 0 Å². The summed E-state index contributed by atoms with van der Waals surface area (Å²) < 4.78 is 50.8. The van der Waals surface area contributed by atoms with Crippen LogP contribution < -0.4 is 4.74 Å². The fourth-order valence-electron chi connectivity index (χ4n) is 3.50. The Kier molecular flexibility index (Phi) is 7.83. The van der Waals surface area contributed by atoms with E-state index in [9.17, 15) is 22.8 Å². The van der Waals surface area contributed by atoms with Crippen LogP contribution in [0.3, 0.4) is 0 Å². The van der Waals surface area contributed by atoms with Gasteiger partial charge in [-0.3, -0.25) is 10.0 Å². The van der Waals surface area contributed by atoms with Crippen LogP contribution in [-0.2, 0) is 30.8 Å². The Balaban J connectivity index is 1.74. The first-order valence-corrected chi connectivity index (χ1v) is 11.7. The highest BCUT2D eigenvalue weighted by atomic mass is 32.2. The predicted molar refractivity (Wildman–Crippen MR) is 112 cm³/mol. The lowest BCUT2D eigenvalue weighted by Crippen LogP contribution is -2.47. The fraction of sp³-hybridized carbons (Fsp3) is 0.409. The van der Waals surface area contributed by atoms with Crippen LogP contribution in [0.4, 0.5) is 4.39 Å². The summed E-state index contributed by atoms with van der Waals surface area (Å²) in [6.45, 7) is 3.66. The maximum absolute atomic E-state index is 13.4.